The summed E-state index contributed by atoms with van der Waals surface area (Å²) >= 11 is 5.93. The van der Waals surface area contributed by atoms with Gasteiger partial charge in [-0.3, -0.25) is 9.59 Å². The number of halogens is 1. The van der Waals surface area contributed by atoms with Gasteiger partial charge in [-0.2, -0.15) is 4.31 Å². The Morgan fingerprint density at radius 2 is 1.61 bits per heavy atom. The minimum absolute atomic E-state index is 0.113. The van der Waals surface area contributed by atoms with Crippen molar-refractivity contribution >= 4 is 39.1 Å². The second-order valence-corrected chi connectivity index (χ2v) is 10.1. The lowest BCUT2D eigenvalue weighted by Gasteiger charge is -2.34. The van der Waals surface area contributed by atoms with Gasteiger partial charge in [0.1, 0.15) is 0 Å². The topological polar surface area (TPSA) is 78.0 Å². The van der Waals surface area contributed by atoms with Crippen molar-refractivity contribution in [1.82, 2.24) is 9.21 Å². The van der Waals surface area contributed by atoms with Crippen LogP contribution in [0.2, 0.25) is 5.02 Å². The lowest BCUT2D eigenvalue weighted by Crippen LogP contribution is -2.50. The zero-order valence-corrected chi connectivity index (χ0v) is 18.6. The predicted octanol–water partition coefficient (Wildman–Crippen LogP) is 3.00. The van der Waals surface area contributed by atoms with Crippen LogP contribution in [-0.4, -0.2) is 62.2 Å². The number of nitrogens with zero attached hydrogens (tertiary/aromatic N) is 3. The molecular formula is C22H24ClN3O4S. The van der Waals surface area contributed by atoms with Crippen LogP contribution in [0.25, 0.3) is 0 Å². The summed E-state index contributed by atoms with van der Waals surface area (Å²) < 4.78 is 27.0. The number of benzene rings is 2. The molecule has 2 aliphatic heterocycles. The largest absolute Gasteiger partial charge is 0.336 e. The Kier molecular flexibility index (Phi) is 6.31. The minimum atomic E-state index is -3.65. The Labute approximate surface area is 187 Å². The van der Waals surface area contributed by atoms with Gasteiger partial charge in [0.05, 0.1) is 4.90 Å². The van der Waals surface area contributed by atoms with Gasteiger partial charge in [-0.1, -0.05) is 17.7 Å². The molecule has 0 N–H and O–H groups in total. The Morgan fingerprint density at radius 3 is 2.26 bits per heavy atom. The summed E-state index contributed by atoms with van der Waals surface area (Å²) in [6.07, 6.45) is 2.46. The first kappa shape index (κ1) is 21.8. The Balaban J connectivity index is 1.39. The SMILES string of the molecule is O=C(c1ccc(N2CCCCC2=O)cc1)N1CCN(S(=O)(=O)c2cccc(Cl)c2)CC1. The average Bonchev–Trinajstić information content (AvgIpc) is 2.79. The first-order chi connectivity index (χ1) is 14.9. The van der Waals surface area contributed by atoms with Crippen molar-refractivity contribution in [3.63, 3.8) is 0 Å². The van der Waals surface area contributed by atoms with Gasteiger partial charge in [0, 0.05) is 55.4 Å². The number of piperazine rings is 1. The first-order valence-corrected chi connectivity index (χ1v) is 12.1. The molecule has 2 heterocycles. The van der Waals surface area contributed by atoms with Crippen molar-refractivity contribution in [1.29, 1.82) is 0 Å². The summed E-state index contributed by atoms with van der Waals surface area (Å²) in [5.74, 6) is -0.0290. The highest BCUT2D eigenvalue weighted by Gasteiger charge is 2.30. The molecule has 2 fully saturated rings. The molecule has 0 saturated carbocycles. The third-order valence-electron chi connectivity index (χ3n) is 5.71. The number of hydrogen-bond acceptors (Lipinski definition) is 4. The molecule has 0 atom stereocenters. The second-order valence-electron chi connectivity index (χ2n) is 7.70. The standard InChI is InChI=1S/C22H24ClN3O4S/c23-18-4-3-5-20(16-18)31(29,30)25-14-12-24(13-15-25)22(28)17-7-9-19(10-8-17)26-11-2-1-6-21(26)27/h3-5,7-10,16H,1-2,6,11-15H2. The molecule has 2 aliphatic rings. The van der Waals surface area contributed by atoms with Crippen molar-refractivity contribution in [2.24, 2.45) is 0 Å². The molecule has 0 unspecified atom stereocenters. The van der Waals surface area contributed by atoms with Gasteiger partial charge in [-0.05, 0) is 55.3 Å². The van der Waals surface area contributed by atoms with Gasteiger partial charge in [-0.15, -0.1) is 0 Å². The summed E-state index contributed by atoms with van der Waals surface area (Å²) in [6, 6.07) is 13.3. The molecule has 0 bridgehead atoms. The molecule has 2 aromatic rings. The monoisotopic (exact) mass is 461 g/mol. The molecule has 2 amide bonds. The normalized spacial score (nSPS) is 18.3. The summed E-state index contributed by atoms with van der Waals surface area (Å²) in [4.78, 5) is 28.5. The van der Waals surface area contributed by atoms with Crippen LogP contribution in [0, 0.1) is 0 Å². The van der Waals surface area contributed by atoms with Crippen LogP contribution < -0.4 is 4.90 Å². The molecule has 2 aromatic carbocycles. The van der Waals surface area contributed by atoms with Crippen molar-refractivity contribution in [3.05, 3.63) is 59.1 Å². The number of piperidine rings is 1. The molecule has 0 aromatic heterocycles. The summed E-state index contributed by atoms with van der Waals surface area (Å²) in [5.41, 5.74) is 1.33. The number of carbonyl (C=O) groups excluding carboxylic acids is 2. The van der Waals surface area contributed by atoms with Crippen LogP contribution in [0.3, 0.4) is 0 Å². The molecule has 0 radical (unpaired) electrons. The van der Waals surface area contributed by atoms with Crippen LogP contribution in [0.1, 0.15) is 29.6 Å². The van der Waals surface area contributed by atoms with Crippen molar-refractivity contribution in [2.45, 2.75) is 24.2 Å². The van der Waals surface area contributed by atoms with Crippen LogP contribution in [0.5, 0.6) is 0 Å². The van der Waals surface area contributed by atoms with Gasteiger partial charge < -0.3 is 9.80 Å². The maximum atomic E-state index is 12.9. The van der Waals surface area contributed by atoms with Crippen LogP contribution in [0.15, 0.2) is 53.4 Å². The van der Waals surface area contributed by atoms with E-state index in [1.807, 2.05) is 0 Å². The number of rotatable bonds is 4. The van der Waals surface area contributed by atoms with E-state index in [0.717, 1.165) is 18.5 Å². The Hall–Kier alpha value is -2.42. The predicted molar refractivity (Wildman–Crippen MR) is 119 cm³/mol. The Morgan fingerprint density at radius 1 is 0.903 bits per heavy atom. The smallest absolute Gasteiger partial charge is 0.253 e. The maximum absolute atomic E-state index is 12.9. The van der Waals surface area contributed by atoms with E-state index in [0.29, 0.717) is 36.6 Å². The minimum Gasteiger partial charge on any atom is -0.336 e. The molecule has 9 heteroatoms. The summed E-state index contributed by atoms with van der Waals surface area (Å²) in [5, 5.41) is 0.365. The summed E-state index contributed by atoms with van der Waals surface area (Å²) in [7, 11) is -3.65. The highest BCUT2D eigenvalue weighted by atomic mass is 35.5. The Bertz CT molecular complexity index is 1080. The lowest BCUT2D eigenvalue weighted by atomic mass is 10.1. The van der Waals surface area contributed by atoms with Crippen molar-refractivity contribution < 1.29 is 18.0 Å². The molecule has 31 heavy (non-hydrogen) atoms. The van der Waals surface area contributed by atoms with E-state index >= 15 is 0 Å². The second kappa shape index (κ2) is 8.98. The van der Waals surface area contributed by atoms with E-state index in [9.17, 15) is 18.0 Å². The number of anilines is 1. The fraction of sp³-hybridized carbons (Fsp3) is 0.364. The number of amides is 2. The number of carbonyl (C=O) groups is 2. The van der Waals surface area contributed by atoms with Gasteiger partial charge in [-0.25, -0.2) is 8.42 Å². The van der Waals surface area contributed by atoms with E-state index in [4.69, 9.17) is 11.6 Å². The van der Waals surface area contributed by atoms with Crippen LogP contribution >= 0.6 is 11.6 Å². The van der Waals surface area contributed by atoms with E-state index in [-0.39, 0.29) is 29.8 Å². The third kappa shape index (κ3) is 4.61. The maximum Gasteiger partial charge on any atom is 0.253 e. The van der Waals surface area contributed by atoms with E-state index < -0.39 is 10.0 Å². The number of hydrogen-bond donors (Lipinski definition) is 0. The zero-order chi connectivity index (χ0) is 22.0. The zero-order valence-electron chi connectivity index (χ0n) is 17.0. The van der Waals surface area contributed by atoms with Gasteiger partial charge in [0.15, 0.2) is 0 Å². The van der Waals surface area contributed by atoms with Crippen molar-refractivity contribution in [2.75, 3.05) is 37.6 Å². The highest BCUT2D eigenvalue weighted by molar-refractivity contribution is 7.89. The molecule has 164 valence electrons. The highest BCUT2D eigenvalue weighted by Crippen LogP contribution is 2.23. The van der Waals surface area contributed by atoms with Gasteiger partial charge >= 0.3 is 0 Å². The van der Waals surface area contributed by atoms with E-state index in [1.54, 1.807) is 46.2 Å². The summed E-state index contributed by atoms with van der Waals surface area (Å²) in [6.45, 7) is 1.77. The molecule has 2 saturated heterocycles. The quantitative estimate of drug-likeness (QED) is 0.701. The fourth-order valence-corrected chi connectivity index (χ4v) is 5.68. The number of sulfonamides is 1. The van der Waals surface area contributed by atoms with E-state index in [2.05, 4.69) is 0 Å². The average molecular weight is 462 g/mol. The lowest BCUT2D eigenvalue weighted by molar-refractivity contribution is -0.119. The van der Waals surface area contributed by atoms with Crippen LogP contribution in [0.4, 0.5) is 5.69 Å². The van der Waals surface area contributed by atoms with Crippen LogP contribution in [-0.2, 0) is 14.8 Å². The van der Waals surface area contributed by atoms with Crippen molar-refractivity contribution in [3.8, 4) is 0 Å². The third-order valence-corrected chi connectivity index (χ3v) is 7.84. The first-order valence-electron chi connectivity index (χ1n) is 10.3. The van der Waals surface area contributed by atoms with E-state index in [1.165, 1.54) is 16.4 Å². The molecule has 4 rings (SSSR count). The fourth-order valence-electron chi connectivity index (χ4n) is 3.95. The molecule has 7 nitrogen and oxygen atoms in total. The van der Waals surface area contributed by atoms with Gasteiger partial charge in [0.25, 0.3) is 5.91 Å². The molecular weight excluding hydrogens is 438 g/mol. The van der Waals surface area contributed by atoms with Gasteiger partial charge in [0.2, 0.25) is 15.9 Å². The molecule has 0 aliphatic carbocycles. The molecule has 0 spiro atoms.